The van der Waals surface area contributed by atoms with Gasteiger partial charge in [0.1, 0.15) is 12.6 Å². The zero-order valence-electron chi connectivity index (χ0n) is 20.5. The highest BCUT2D eigenvalue weighted by molar-refractivity contribution is 7.92. The first kappa shape index (κ1) is 27.8. The number of halogens is 2. The molecule has 0 saturated carbocycles. The van der Waals surface area contributed by atoms with E-state index in [1.165, 1.54) is 4.90 Å². The summed E-state index contributed by atoms with van der Waals surface area (Å²) in [5, 5.41) is 5.03. The minimum Gasteiger partial charge on any atom is -0.352 e. The van der Waals surface area contributed by atoms with Crippen LogP contribution in [0.15, 0.2) is 60.7 Å². The number of hydrogen-bond donors (Lipinski definition) is 1. The fraction of sp³-hybridized carbons (Fsp3) is 0.308. The van der Waals surface area contributed by atoms with Crippen LogP contribution in [0.3, 0.4) is 0 Å². The predicted octanol–water partition coefficient (Wildman–Crippen LogP) is 4.85. The number of carbonyl (C=O) groups excluding carboxylic acids is 2. The van der Waals surface area contributed by atoms with Gasteiger partial charge in [0.15, 0.2) is 0 Å². The number of nitrogens with one attached hydrogen (secondary N) is 1. The fourth-order valence-electron chi connectivity index (χ4n) is 3.84. The number of hydrogen-bond acceptors (Lipinski definition) is 4. The summed E-state index contributed by atoms with van der Waals surface area (Å²) in [4.78, 5) is 27.9. The molecule has 0 saturated heterocycles. The van der Waals surface area contributed by atoms with Crippen molar-refractivity contribution in [3.8, 4) is 0 Å². The van der Waals surface area contributed by atoms with Crippen molar-refractivity contribution in [3.05, 3.63) is 76.3 Å². The van der Waals surface area contributed by atoms with Crippen LogP contribution in [0.4, 0.5) is 5.69 Å². The third-order valence-electron chi connectivity index (χ3n) is 5.65. The Labute approximate surface area is 222 Å². The summed E-state index contributed by atoms with van der Waals surface area (Å²) >= 11 is 12.2. The molecule has 0 bridgehead atoms. The second-order valence-corrected chi connectivity index (χ2v) is 11.6. The van der Waals surface area contributed by atoms with E-state index in [1.54, 1.807) is 43.3 Å². The molecule has 3 rings (SSSR count). The number of anilines is 1. The highest BCUT2D eigenvalue weighted by atomic mass is 35.5. The quantitative estimate of drug-likeness (QED) is 0.413. The third-order valence-corrected chi connectivity index (χ3v) is 7.52. The van der Waals surface area contributed by atoms with Crippen LogP contribution in [0.25, 0.3) is 10.8 Å². The van der Waals surface area contributed by atoms with Crippen molar-refractivity contribution < 1.29 is 18.0 Å². The fourth-order valence-corrected chi connectivity index (χ4v) is 5.03. The van der Waals surface area contributed by atoms with Gasteiger partial charge in [0, 0.05) is 18.0 Å². The molecule has 3 aromatic rings. The van der Waals surface area contributed by atoms with E-state index < -0.39 is 28.5 Å². The van der Waals surface area contributed by atoms with Crippen molar-refractivity contribution in [1.29, 1.82) is 0 Å². The van der Waals surface area contributed by atoms with E-state index in [1.807, 2.05) is 38.1 Å². The third kappa shape index (κ3) is 6.69. The van der Waals surface area contributed by atoms with Gasteiger partial charge in [-0.2, -0.15) is 0 Å². The highest BCUT2D eigenvalue weighted by Crippen LogP contribution is 2.29. The summed E-state index contributed by atoms with van der Waals surface area (Å²) in [5.41, 5.74) is 1.04. The number of rotatable bonds is 9. The molecule has 0 aliphatic rings. The molecule has 36 heavy (non-hydrogen) atoms. The number of benzene rings is 3. The normalized spacial score (nSPS) is 12.4. The molecule has 2 amide bonds. The van der Waals surface area contributed by atoms with Gasteiger partial charge < -0.3 is 10.2 Å². The molecule has 0 spiro atoms. The second kappa shape index (κ2) is 11.5. The number of carbonyl (C=O) groups is 2. The molecule has 1 atom stereocenters. The van der Waals surface area contributed by atoms with E-state index in [-0.39, 0.29) is 18.5 Å². The number of fused-ring (bicyclic) bond motifs is 1. The Morgan fingerprint density at radius 1 is 0.944 bits per heavy atom. The van der Waals surface area contributed by atoms with E-state index >= 15 is 0 Å². The lowest BCUT2D eigenvalue weighted by Crippen LogP contribution is -2.52. The molecule has 192 valence electrons. The number of nitrogens with zero attached hydrogens (tertiary/aromatic N) is 2. The molecule has 0 heterocycles. The highest BCUT2D eigenvalue weighted by Gasteiger charge is 2.31. The van der Waals surface area contributed by atoms with Crippen molar-refractivity contribution >= 4 is 61.5 Å². The molecule has 0 aliphatic heterocycles. The minimum absolute atomic E-state index is 0.0372. The first-order chi connectivity index (χ1) is 16.9. The van der Waals surface area contributed by atoms with Gasteiger partial charge in [-0.25, -0.2) is 8.42 Å². The second-order valence-electron chi connectivity index (χ2n) is 8.88. The van der Waals surface area contributed by atoms with Crippen LogP contribution >= 0.6 is 23.2 Å². The van der Waals surface area contributed by atoms with Gasteiger partial charge in [-0.1, -0.05) is 65.7 Å². The minimum atomic E-state index is -3.84. The summed E-state index contributed by atoms with van der Waals surface area (Å²) < 4.78 is 26.8. The van der Waals surface area contributed by atoms with Crippen LogP contribution in [0.5, 0.6) is 0 Å². The van der Waals surface area contributed by atoms with Gasteiger partial charge in [0.25, 0.3) is 0 Å². The number of sulfonamides is 1. The molecule has 3 aromatic carbocycles. The van der Waals surface area contributed by atoms with Crippen LogP contribution in [-0.2, 0) is 26.2 Å². The Morgan fingerprint density at radius 3 is 2.25 bits per heavy atom. The molecule has 7 nitrogen and oxygen atoms in total. The maximum atomic E-state index is 13.7. The van der Waals surface area contributed by atoms with E-state index in [0.717, 1.165) is 15.9 Å². The Kier molecular flexibility index (Phi) is 8.87. The Hall–Kier alpha value is -2.81. The van der Waals surface area contributed by atoms with Crippen LogP contribution in [0, 0.1) is 0 Å². The predicted molar refractivity (Wildman–Crippen MR) is 146 cm³/mol. The van der Waals surface area contributed by atoms with Gasteiger partial charge in [0.05, 0.1) is 22.0 Å². The summed E-state index contributed by atoms with van der Waals surface area (Å²) in [7, 11) is -3.84. The topological polar surface area (TPSA) is 86.8 Å². The van der Waals surface area contributed by atoms with Crippen molar-refractivity contribution in [1.82, 2.24) is 10.2 Å². The Bertz CT molecular complexity index is 1370. The van der Waals surface area contributed by atoms with E-state index in [0.29, 0.717) is 26.7 Å². The zero-order chi connectivity index (χ0) is 26.6. The van der Waals surface area contributed by atoms with Gasteiger partial charge >= 0.3 is 0 Å². The SMILES string of the molecule is CC(C)NC(=O)[C@H](C)N(Cc1ccc(Cl)c(Cl)c1)C(=O)CN(c1cccc2ccccc12)S(C)(=O)=O. The lowest BCUT2D eigenvalue weighted by molar-refractivity contribution is -0.139. The molecular formula is C26H29Cl2N3O4S. The van der Waals surface area contributed by atoms with E-state index in [4.69, 9.17) is 23.2 Å². The summed E-state index contributed by atoms with van der Waals surface area (Å²) in [6, 6.07) is 16.6. The Morgan fingerprint density at radius 2 is 1.61 bits per heavy atom. The van der Waals surface area contributed by atoms with Crippen LogP contribution in [0.2, 0.25) is 10.0 Å². The largest absolute Gasteiger partial charge is 0.352 e. The molecule has 0 aromatic heterocycles. The first-order valence-corrected chi connectivity index (χ1v) is 14.0. The lowest BCUT2D eigenvalue weighted by atomic mass is 10.1. The summed E-state index contributed by atoms with van der Waals surface area (Å²) in [6.45, 7) is 4.81. The van der Waals surface area contributed by atoms with Crippen molar-refractivity contribution in [2.45, 2.75) is 39.4 Å². The van der Waals surface area contributed by atoms with Crippen LogP contribution in [0.1, 0.15) is 26.3 Å². The first-order valence-electron chi connectivity index (χ1n) is 11.4. The maximum absolute atomic E-state index is 13.7. The molecule has 0 radical (unpaired) electrons. The summed E-state index contributed by atoms with van der Waals surface area (Å²) in [6.07, 6.45) is 1.06. The van der Waals surface area contributed by atoms with Gasteiger partial charge in [0.2, 0.25) is 21.8 Å². The molecule has 1 N–H and O–H groups in total. The summed E-state index contributed by atoms with van der Waals surface area (Å²) in [5.74, 6) is -0.889. The molecule has 10 heteroatoms. The van der Waals surface area contributed by atoms with Crippen molar-refractivity contribution in [2.75, 3.05) is 17.1 Å². The molecule has 0 aliphatic carbocycles. The van der Waals surface area contributed by atoms with Crippen LogP contribution < -0.4 is 9.62 Å². The molecule has 0 fully saturated rings. The number of amides is 2. The van der Waals surface area contributed by atoms with Gasteiger partial charge in [-0.15, -0.1) is 0 Å². The lowest BCUT2D eigenvalue weighted by Gasteiger charge is -2.32. The van der Waals surface area contributed by atoms with E-state index in [9.17, 15) is 18.0 Å². The van der Waals surface area contributed by atoms with Crippen molar-refractivity contribution in [2.24, 2.45) is 0 Å². The van der Waals surface area contributed by atoms with Gasteiger partial charge in [-0.05, 0) is 49.9 Å². The molecular weight excluding hydrogens is 521 g/mol. The van der Waals surface area contributed by atoms with Crippen LogP contribution in [-0.4, -0.2) is 50.0 Å². The monoisotopic (exact) mass is 549 g/mol. The van der Waals surface area contributed by atoms with Crippen molar-refractivity contribution in [3.63, 3.8) is 0 Å². The van der Waals surface area contributed by atoms with E-state index in [2.05, 4.69) is 5.32 Å². The molecule has 0 unspecified atom stereocenters. The average molecular weight is 551 g/mol. The average Bonchev–Trinajstić information content (AvgIpc) is 2.81. The zero-order valence-corrected chi connectivity index (χ0v) is 22.9. The smallest absolute Gasteiger partial charge is 0.244 e. The maximum Gasteiger partial charge on any atom is 0.244 e. The standard InChI is InChI=1S/C26H29Cl2N3O4S/c1-17(2)29-26(33)18(3)30(15-19-12-13-22(27)23(28)14-19)25(32)16-31(36(4,34)35)24-11-7-9-20-8-5-6-10-21(20)24/h5-14,17-18H,15-16H2,1-4H3,(H,29,33)/t18-/m0/s1. The van der Waals surface area contributed by atoms with Gasteiger partial charge in [-0.3, -0.25) is 13.9 Å². The Balaban J connectivity index is 2.01.